The van der Waals surface area contributed by atoms with E-state index < -0.39 is 0 Å². The van der Waals surface area contributed by atoms with Crippen LogP contribution in [0.15, 0.2) is 24.4 Å². The first-order chi connectivity index (χ1) is 10.8. The van der Waals surface area contributed by atoms with Crippen LogP contribution in [0.25, 0.3) is 0 Å². The highest BCUT2D eigenvalue weighted by atomic mass is 35.5. The van der Waals surface area contributed by atoms with Crippen molar-refractivity contribution in [3.8, 4) is 0 Å². The van der Waals surface area contributed by atoms with E-state index in [0.717, 1.165) is 42.5 Å². The van der Waals surface area contributed by atoms with Gasteiger partial charge in [0, 0.05) is 59.0 Å². The summed E-state index contributed by atoms with van der Waals surface area (Å²) >= 11 is 12.2. The van der Waals surface area contributed by atoms with E-state index in [9.17, 15) is 0 Å². The van der Waals surface area contributed by atoms with Crippen molar-refractivity contribution in [1.82, 2.24) is 14.9 Å². The molecule has 0 saturated carbocycles. The second kappa shape index (κ2) is 6.39. The van der Waals surface area contributed by atoms with Crippen LogP contribution in [0.4, 0.5) is 0 Å². The topological polar surface area (TPSA) is 29.0 Å². The van der Waals surface area contributed by atoms with Crippen LogP contribution in [0.1, 0.15) is 43.4 Å². The molecule has 0 amide bonds. The second-order valence-electron chi connectivity index (χ2n) is 7.11. The van der Waals surface area contributed by atoms with Crippen LogP contribution < -0.4 is 0 Å². The zero-order valence-electron chi connectivity index (χ0n) is 13.7. The van der Waals surface area contributed by atoms with E-state index in [0.29, 0.717) is 5.02 Å². The largest absolute Gasteiger partial charge is 0.294 e. The highest BCUT2D eigenvalue weighted by Crippen LogP contribution is 2.26. The zero-order chi connectivity index (χ0) is 16.6. The predicted octanol–water partition coefficient (Wildman–Crippen LogP) is 4.64. The monoisotopic (exact) mass is 349 g/mol. The van der Waals surface area contributed by atoms with Crippen LogP contribution in [0.3, 0.4) is 0 Å². The molecular weight excluding hydrogens is 329 g/mol. The van der Waals surface area contributed by atoms with Gasteiger partial charge in [0.1, 0.15) is 5.82 Å². The lowest BCUT2D eigenvalue weighted by Crippen LogP contribution is -2.32. The third-order valence-electron chi connectivity index (χ3n) is 4.09. The van der Waals surface area contributed by atoms with Gasteiger partial charge in [0.05, 0.1) is 0 Å². The first-order valence-electron chi connectivity index (χ1n) is 7.84. The van der Waals surface area contributed by atoms with Crippen molar-refractivity contribution < 1.29 is 0 Å². The van der Waals surface area contributed by atoms with Gasteiger partial charge in [0.2, 0.25) is 0 Å². The molecule has 122 valence electrons. The first-order valence-corrected chi connectivity index (χ1v) is 8.60. The van der Waals surface area contributed by atoms with Gasteiger partial charge in [-0.3, -0.25) is 4.90 Å². The van der Waals surface area contributed by atoms with Crippen molar-refractivity contribution >= 4 is 23.2 Å². The van der Waals surface area contributed by atoms with Gasteiger partial charge >= 0.3 is 0 Å². The maximum atomic E-state index is 6.28. The number of benzene rings is 1. The first kappa shape index (κ1) is 16.7. The lowest BCUT2D eigenvalue weighted by atomic mass is 9.95. The molecule has 0 aliphatic carbocycles. The number of aromatic nitrogens is 2. The van der Waals surface area contributed by atoms with Gasteiger partial charge in [-0.15, -0.1) is 0 Å². The highest BCUT2D eigenvalue weighted by molar-refractivity contribution is 6.35. The van der Waals surface area contributed by atoms with Gasteiger partial charge in [-0.25, -0.2) is 9.97 Å². The number of fused-ring (bicyclic) bond motifs is 1. The minimum Gasteiger partial charge on any atom is -0.294 e. The Hall–Kier alpha value is -1.16. The Balaban J connectivity index is 1.75. The molecule has 0 unspecified atom stereocenters. The Morgan fingerprint density at radius 3 is 2.70 bits per heavy atom. The molecule has 0 bridgehead atoms. The molecule has 23 heavy (non-hydrogen) atoms. The fourth-order valence-corrected chi connectivity index (χ4v) is 3.23. The molecule has 3 rings (SSSR count). The van der Waals surface area contributed by atoms with E-state index >= 15 is 0 Å². The molecule has 2 aromatic rings. The lowest BCUT2D eigenvalue weighted by Gasteiger charge is -2.29. The van der Waals surface area contributed by atoms with Gasteiger partial charge in [-0.1, -0.05) is 50.0 Å². The molecule has 1 aromatic carbocycles. The molecule has 0 spiro atoms. The average molecular weight is 350 g/mol. The van der Waals surface area contributed by atoms with E-state index in [4.69, 9.17) is 28.2 Å². The standard InChI is InChI=1S/C18H21Cl2N3/c1-18(2,3)17-21-9-13-11-23(7-6-16(13)22-17)10-12-4-5-14(19)8-15(12)20/h4-5,8-9H,6-7,10-11H2,1-3H3. The second-order valence-corrected chi connectivity index (χ2v) is 7.96. The van der Waals surface area contributed by atoms with Crippen LogP contribution >= 0.6 is 23.2 Å². The van der Waals surface area contributed by atoms with Gasteiger partial charge in [-0.2, -0.15) is 0 Å². The Morgan fingerprint density at radius 1 is 1.22 bits per heavy atom. The van der Waals surface area contributed by atoms with Crippen molar-refractivity contribution in [2.45, 2.75) is 45.7 Å². The van der Waals surface area contributed by atoms with Gasteiger partial charge < -0.3 is 0 Å². The van der Waals surface area contributed by atoms with Gasteiger partial charge in [0.25, 0.3) is 0 Å². The van der Waals surface area contributed by atoms with Crippen molar-refractivity contribution in [2.75, 3.05) is 6.54 Å². The highest BCUT2D eigenvalue weighted by Gasteiger charge is 2.23. The molecule has 0 fully saturated rings. The summed E-state index contributed by atoms with van der Waals surface area (Å²) in [5, 5.41) is 1.40. The quantitative estimate of drug-likeness (QED) is 0.790. The molecule has 1 aromatic heterocycles. The van der Waals surface area contributed by atoms with Crippen molar-refractivity contribution in [1.29, 1.82) is 0 Å². The van der Waals surface area contributed by atoms with Gasteiger partial charge in [0.15, 0.2) is 0 Å². The van der Waals surface area contributed by atoms with Crippen molar-refractivity contribution in [3.05, 3.63) is 57.1 Å². The summed E-state index contributed by atoms with van der Waals surface area (Å²) in [6.45, 7) is 9.09. The van der Waals surface area contributed by atoms with E-state index in [1.165, 1.54) is 11.3 Å². The minimum atomic E-state index is -0.0109. The minimum absolute atomic E-state index is 0.0109. The average Bonchev–Trinajstić information content (AvgIpc) is 2.48. The zero-order valence-corrected chi connectivity index (χ0v) is 15.2. The maximum Gasteiger partial charge on any atom is 0.133 e. The molecule has 3 nitrogen and oxygen atoms in total. The number of halogens is 2. The summed E-state index contributed by atoms with van der Waals surface area (Å²) in [5.41, 5.74) is 3.49. The normalized spacial score (nSPS) is 15.5. The van der Waals surface area contributed by atoms with E-state index in [1.54, 1.807) is 6.07 Å². The molecule has 0 N–H and O–H groups in total. The molecular formula is C18H21Cl2N3. The molecule has 0 radical (unpaired) electrons. The molecule has 0 saturated heterocycles. The summed E-state index contributed by atoms with van der Waals surface area (Å²) < 4.78 is 0. The van der Waals surface area contributed by atoms with E-state index in [2.05, 4.69) is 30.7 Å². The maximum absolute atomic E-state index is 6.28. The third-order valence-corrected chi connectivity index (χ3v) is 4.68. The number of hydrogen-bond acceptors (Lipinski definition) is 3. The summed E-state index contributed by atoms with van der Waals surface area (Å²) in [7, 11) is 0. The SMILES string of the molecule is CC(C)(C)c1ncc2c(n1)CCN(Cc1ccc(Cl)cc1Cl)C2. The Kier molecular flexibility index (Phi) is 4.63. The molecule has 2 heterocycles. The lowest BCUT2D eigenvalue weighted by molar-refractivity contribution is 0.242. The molecule has 5 heteroatoms. The van der Waals surface area contributed by atoms with Crippen molar-refractivity contribution in [3.63, 3.8) is 0 Å². The fourth-order valence-electron chi connectivity index (χ4n) is 2.76. The fraction of sp³-hybridized carbons (Fsp3) is 0.444. The van der Waals surface area contributed by atoms with Crippen LogP contribution in [-0.4, -0.2) is 21.4 Å². The smallest absolute Gasteiger partial charge is 0.133 e. The molecule has 0 atom stereocenters. The summed E-state index contributed by atoms with van der Waals surface area (Å²) in [6.07, 6.45) is 2.94. The van der Waals surface area contributed by atoms with Crippen LogP contribution in [0, 0.1) is 0 Å². The van der Waals surface area contributed by atoms with E-state index in [-0.39, 0.29) is 5.41 Å². The number of nitrogens with zero attached hydrogens (tertiary/aromatic N) is 3. The molecule has 1 aliphatic heterocycles. The van der Waals surface area contributed by atoms with Gasteiger partial charge in [-0.05, 0) is 17.7 Å². The Bertz CT molecular complexity index is 723. The van der Waals surface area contributed by atoms with Crippen LogP contribution in [-0.2, 0) is 24.9 Å². The third kappa shape index (κ3) is 3.85. The Labute approximate surface area is 147 Å². The number of rotatable bonds is 2. The summed E-state index contributed by atoms with van der Waals surface area (Å²) in [4.78, 5) is 11.7. The molecule has 1 aliphatic rings. The summed E-state index contributed by atoms with van der Waals surface area (Å²) in [6, 6.07) is 5.69. The van der Waals surface area contributed by atoms with Crippen molar-refractivity contribution in [2.24, 2.45) is 0 Å². The Morgan fingerprint density at radius 2 is 2.00 bits per heavy atom. The van der Waals surface area contributed by atoms with Crippen LogP contribution in [0.2, 0.25) is 10.0 Å². The summed E-state index contributed by atoms with van der Waals surface area (Å²) in [5.74, 6) is 0.922. The van der Waals surface area contributed by atoms with E-state index in [1.807, 2.05) is 18.3 Å². The number of hydrogen-bond donors (Lipinski definition) is 0. The predicted molar refractivity (Wildman–Crippen MR) is 95.0 cm³/mol. The van der Waals surface area contributed by atoms with Crippen LogP contribution in [0.5, 0.6) is 0 Å².